The van der Waals surface area contributed by atoms with Crippen molar-refractivity contribution in [1.29, 1.82) is 0 Å². The lowest BCUT2D eigenvalue weighted by Crippen LogP contribution is -2.43. The monoisotopic (exact) mass is 411 g/mol. The highest BCUT2D eigenvalue weighted by molar-refractivity contribution is 8.45. The molecule has 2 atom stereocenters. The van der Waals surface area contributed by atoms with Crippen LogP contribution in [0, 0.1) is 26.1 Å². The number of aliphatic imine (C=N–C) groups is 1. The van der Waals surface area contributed by atoms with Crippen molar-refractivity contribution in [1.82, 2.24) is 0 Å². The molecule has 2 rings (SSSR count). The molecule has 1 aromatic carbocycles. The zero-order valence-electron chi connectivity index (χ0n) is 15.3. The topological polar surface area (TPSA) is 116 Å². The minimum absolute atomic E-state index is 0.0290. The maximum atomic E-state index is 13.0. The van der Waals surface area contributed by atoms with E-state index in [4.69, 9.17) is 0 Å². The molecule has 0 N–H and O–H groups in total. The first kappa shape index (κ1) is 21.4. The summed E-state index contributed by atoms with van der Waals surface area (Å²) in [4.78, 5) is 39.5. The van der Waals surface area contributed by atoms with E-state index in [2.05, 4.69) is 4.99 Å². The maximum Gasteiger partial charge on any atom is 0.273 e. The quantitative estimate of drug-likeness (QED) is 0.466. The van der Waals surface area contributed by atoms with Crippen molar-refractivity contribution < 1.29 is 14.6 Å². The predicted molar refractivity (Wildman–Crippen MR) is 108 cm³/mol. The molecule has 0 saturated heterocycles. The van der Waals surface area contributed by atoms with Gasteiger partial charge in [-0.25, -0.2) is 0 Å². The minimum atomic E-state index is -1.38. The number of hydrogen-bond acceptors (Lipinski definition) is 8. The standard InChI is InChI=1S/C17H21N3O5S2/c1-4-26-16-18-17(9-11(2)3,15(21)27-16)13(10-19(22)23)12-7-5-6-8-14(12)20(24)25/h5-8,11,13H,4,9-10H2,1-3H3/t13-,17+/m1/s1. The van der Waals surface area contributed by atoms with Gasteiger partial charge in [-0.05, 0) is 29.9 Å². The molecule has 10 heteroatoms. The fourth-order valence-corrected chi connectivity index (χ4v) is 5.41. The summed E-state index contributed by atoms with van der Waals surface area (Å²) in [6.45, 7) is 5.14. The number of thioether (sulfide) groups is 2. The van der Waals surface area contributed by atoms with Crippen LogP contribution in [0.15, 0.2) is 29.3 Å². The van der Waals surface area contributed by atoms with Gasteiger partial charge >= 0.3 is 0 Å². The van der Waals surface area contributed by atoms with E-state index in [1.165, 1.54) is 30.0 Å². The SMILES string of the molecule is CCSC1=N[C@@](CC(C)C)([C@H](C[N+](=O)[O-])c2ccccc2[N+](=O)[O-])C(=O)S1. The molecule has 1 aliphatic heterocycles. The Balaban J connectivity index is 2.69. The van der Waals surface area contributed by atoms with Crippen LogP contribution in [0.25, 0.3) is 0 Å². The fraction of sp³-hybridized carbons (Fsp3) is 0.529. The van der Waals surface area contributed by atoms with Crippen LogP contribution in [0.4, 0.5) is 5.69 Å². The number of nitro benzene ring substituents is 1. The first-order valence-corrected chi connectivity index (χ1v) is 10.3. The van der Waals surface area contributed by atoms with Crippen LogP contribution < -0.4 is 0 Å². The van der Waals surface area contributed by atoms with Gasteiger partial charge in [-0.1, -0.05) is 50.7 Å². The Bertz CT molecular complexity index is 784. The third-order valence-corrected chi connectivity index (χ3v) is 6.26. The Morgan fingerprint density at radius 3 is 2.48 bits per heavy atom. The molecule has 0 unspecified atom stereocenters. The largest absolute Gasteiger partial charge is 0.284 e. The number of nitrogens with zero attached hydrogens (tertiary/aromatic N) is 3. The number of carbonyl (C=O) groups is 1. The summed E-state index contributed by atoms with van der Waals surface area (Å²) in [7, 11) is 0. The van der Waals surface area contributed by atoms with Gasteiger partial charge in [0.05, 0.1) is 10.8 Å². The zero-order chi connectivity index (χ0) is 20.2. The third kappa shape index (κ3) is 4.67. The molecule has 8 nitrogen and oxygen atoms in total. The Labute approximate surface area is 165 Å². The third-order valence-electron chi connectivity index (χ3n) is 4.23. The maximum absolute atomic E-state index is 13.0. The molecule has 0 radical (unpaired) electrons. The highest BCUT2D eigenvalue weighted by Crippen LogP contribution is 2.48. The van der Waals surface area contributed by atoms with Gasteiger partial charge < -0.3 is 0 Å². The van der Waals surface area contributed by atoms with Crippen LogP contribution in [0.3, 0.4) is 0 Å². The molecule has 0 aromatic heterocycles. The second-order valence-corrected chi connectivity index (χ2v) is 9.08. The summed E-state index contributed by atoms with van der Waals surface area (Å²) in [5.41, 5.74) is -1.42. The van der Waals surface area contributed by atoms with Crippen molar-refractivity contribution in [3.8, 4) is 0 Å². The van der Waals surface area contributed by atoms with Gasteiger partial charge in [0.25, 0.3) is 5.69 Å². The number of para-hydroxylation sites is 1. The van der Waals surface area contributed by atoms with Gasteiger partial charge in [-0.3, -0.25) is 30.0 Å². The second-order valence-electron chi connectivity index (χ2n) is 6.61. The number of carbonyl (C=O) groups excluding carboxylic acids is 1. The second kappa shape index (κ2) is 8.83. The van der Waals surface area contributed by atoms with Crippen LogP contribution in [-0.2, 0) is 4.79 Å². The molecule has 1 aliphatic rings. The van der Waals surface area contributed by atoms with Gasteiger partial charge in [0.15, 0.2) is 0 Å². The Kier molecular flexibility index (Phi) is 6.99. The molecular formula is C17H21N3O5S2. The smallest absolute Gasteiger partial charge is 0.273 e. The van der Waals surface area contributed by atoms with E-state index in [0.717, 1.165) is 11.8 Å². The van der Waals surface area contributed by atoms with Crippen molar-refractivity contribution in [3.63, 3.8) is 0 Å². The molecule has 1 heterocycles. The summed E-state index contributed by atoms with van der Waals surface area (Å²) in [6, 6.07) is 5.90. The number of rotatable bonds is 8. The van der Waals surface area contributed by atoms with Crippen LogP contribution in [0.1, 0.15) is 38.7 Å². The van der Waals surface area contributed by atoms with E-state index in [1.807, 2.05) is 20.8 Å². The molecule has 0 bridgehead atoms. The highest BCUT2D eigenvalue weighted by Gasteiger charge is 2.54. The predicted octanol–water partition coefficient (Wildman–Crippen LogP) is 4.12. The number of hydrogen-bond donors (Lipinski definition) is 0. The molecule has 0 fully saturated rings. The first-order chi connectivity index (χ1) is 12.7. The molecule has 0 saturated carbocycles. The summed E-state index contributed by atoms with van der Waals surface area (Å²) < 4.78 is 0.565. The van der Waals surface area contributed by atoms with Gasteiger partial charge in [0, 0.05) is 16.6 Å². The zero-order valence-corrected chi connectivity index (χ0v) is 16.9. The van der Waals surface area contributed by atoms with E-state index >= 15 is 0 Å². The molecular weight excluding hydrogens is 390 g/mol. The number of benzene rings is 1. The van der Waals surface area contributed by atoms with Crippen LogP contribution in [0.5, 0.6) is 0 Å². The van der Waals surface area contributed by atoms with Crippen molar-refractivity contribution in [2.75, 3.05) is 12.3 Å². The summed E-state index contributed by atoms with van der Waals surface area (Å²) in [6.07, 6.45) is 0.289. The van der Waals surface area contributed by atoms with Gasteiger partial charge in [-0.15, -0.1) is 0 Å². The molecule has 0 amide bonds. The van der Waals surface area contributed by atoms with Crippen LogP contribution >= 0.6 is 23.5 Å². The highest BCUT2D eigenvalue weighted by atomic mass is 32.2. The fourth-order valence-electron chi connectivity index (χ4n) is 3.30. The minimum Gasteiger partial charge on any atom is -0.284 e. The van der Waals surface area contributed by atoms with Crippen molar-refractivity contribution in [2.24, 2.45) is 10.9 Å². The number of nitro groups is 2. The average molecular weight is 412 g/mol. The Hall–Kier alpha value is -1.94. The lowest BCUT2D eigenvalue weighted by Gasteiger charge is -2.32. The van der Waals surface area contributed by atoms with E-state index in [9.17, 15) is 25.0 Å². The lowest BCUT2D eigenvalue weighted by atomic mass is 9.75. The molecule has 27 heavy (non-hydrogen) atoms. The lowest BCUT2D eigenvalue weighted by molar-refractivity contribution is -0.485. The van der Waals surface area contributed by atoms with Gasteiger partial charge in [0.2, 0.25) is 11.7 Å². The average Bonchev–Trinajstić information content (AvgIpc) is 2.88. The van der Waals surface area contributed by atoms with Gasteiger partial charge in [0.1, 0.15) is 9.91 Å². The normalized spacial score (nSPS) is 20.6. The van der Waals surface area contributed by atoms with Crippen molar-refractivity contribution in [2.45, 2.75) is 38.6 Å². The van der Waals surface area contributed by atoms with E-state index in [1.54, 1.807) is 6.07 Å². The molecule has 1 aromatic rings. The molecule has 146 valence electrons. The Morgan fingerprint density at radius 2 is 1.93 bits per heavy atom. The van der Waals surface area contributed by atoms with Crippen LogP contribution in [-0.4, -0.2) is 37.2 Å². The van der Waals surface area contributed by atoms with Crippen molar-refractivity contribution >= 4 is 38.7 Å². The van der Waals surface area contributed by atoms with Gasteiger partial charge in [-0.2, -0.15) is 0 Å². The van der Waals surface area contributed by atoms with E-state index in [0.29, 0.717) is 10.1 Å². The van der Waals surface area contributed by atoms with E-state index < -0.39 is 27.8 Å². The first-order valence-electron chi connectivity index (χ1n) is 8.51. The molecule has 0 aliphatic carbocycles. The van der Waals surface area contributed by atoms with Crippen molar-refractivity contribution in [3.05, 3.63) is 50.1 Å². The van der Waals surface area contributed by atoms with Crippen LogP contribution in [0.2, 0.25) is 0 Å². The molecule has 0 spiro atoms. The summed E-state index contributed by atoms with van der Waals surface area (Å²) in [5, 5.41) is 22.7. The summed E-state index contributed by atoms with van der Waals surface area (Å²) in [5.74, 6) is -0.268. The summed E-state index contributed by atoms with van der Waals surface area (Å²) >= 11 is 2.39. The van der Waals surface area contributed by atoms with E-state index in [-0.39, 0.29) is 28.7 Å². The Morgan fingerprint density at radius 1 is 1.26 bits per heavy atom.